The molecule has 1 amide bonds. The molecule has 0 saturated carbocycles. The van der Waals surface area contributed by atoms with Crippen molar-refractivity contribution in [3.8, 4) is 16.9 Å². The molecule has 0 N–H and O–H groups in total. The molecule has 1 aliphatic heterocycles. The van der Waals surface area contributed by atoms with E-state index < -0.39 is 0 Å². The van der Waals surface area contributed by atoms with Crippen molar-refractivity contribution in [3.05, 3.63) is 59.4 Å². The number of piperidine rings is 1. The summed E-state index contributed by atoms with van der Waals surface area (Å²) in [5, 5.41) is 0.975. The fourth-order valence-electron chi connectivity index (χ4n) is 4.81. The lowest BCUT2D eigenvalue weighted by Gasteiger charge is -2.31. The van der Waals surface area contributed by atoms with Gasteiger partial charge in [-0.15, -0.1) is 0 Å². The molecule has 2 aromatic carbocycles. The molecule has 3 aromatic rings. The van der Waals surface area contributed by atoms with Crippen LogP contribution in [0.25, 0.3) is 27.7 Å². The molecule has 0 radical (unpaired) electrons. The van der Waals surface area contributed by atoms with Crippen LogP contribution in [0.5, 0.6) is 5.75 Å². The van der Waals surface area contributed by atoms with Gasteiger partial charge in [0.2, 0.25) is 5.91 Å². The van der Waals surface area contributed by atoms with Crippen LogP contribution in [-0.4, -0.2) is 43.6 Å². The summed E-state index contributed by atoms with van der Waals surface area (Å²) in [6, 6.07) is 10.4. The zero-order chi connectivity index (χ0) is 25.1. The van der Waals surface area contributed by atoms with E-state index in [0.29, 0.717) is 25.4 Å². The van der Waals surface area contributed by atoms with Crippen LogP contribution in [-0.2, 0) is 14.3 Å². The van der Waals surface area contributed by atoms with Crippen LogP contribution in [0.15, 0.2) is 47.1 Å². The quantitative estimate of drug-likeness (QED) is 0.326. The molecule has 6 nitrogen and oxygen atoms in total. The number of benzene rings is 2. The fraction of sp³-hybridized carbons (Fsp3) is 0.379. The van der Waals surface area contributed by atoms with Gasteiger partial charge in [0.1, 0.15) is 11.3 Å². The molecule has 4 rings (SSSR count). The molecule has 0 spiro atoms. The zero-order valence-corrected chi connectivity index (χ0v) is 21.1. The number of fused-ring (bicyclic) bond motifs is 1. The molecule has 1 aliphatic rings. The number of methoxy groups -OCH3 is 1. The number of esters is 1. The maximum absolute atomic E-state index is 13.2. The minimum absolute atomic E-state index is 0.109. The highest BCUT2D eigenvalue weighted by atomic mass is 16.5. The summed E-state index contributed by atoms with van der Waals surface area (Å²) in [5.41, 5.74) is 6.57. The highest BCUT2D eigenvalue weighted by molar-refractivity contribution is 6.01. The number of nitrogens with zero attached hydrogens (tertiary/aromatic N) is 1. The Hall–Kier alpha value is -3.54. The topological polar surface area (TPSA) is 69.0 Å². The van der Waals surface area contributed by atoms with Gasteiger partial charge in [-0.05, 0) is 57.7 Å². The van der Waals surface area contributed by atoms with Gasteiger partial charge in [-0.25, -0.2) is 0 Å². The van der Waals surface area contributed by atoms with Gasteiger partial charge in [0, 0.05) is 41.2 Å². The highest BCUT2D eigenvalue weighted by Crippen LogP contribution is 2.40. The van der Waals surface area contributed by atoms with Crippen molar-refractivity contribution in [1.29, 1.82) is 0 Å². The van der Waals surface area contributed by atoms with Crippen molar-refractivity contribution < 1.29 is 23.5 Å². The van der Waals surface area contributed by atoms with Crippen LogP contribution in [0.1, 0.15) is 43.4 Å². The van der Waals surface area contributed by atoms with E-state index in [0.717, 1.165) is 51.6 Å². The van der Waals surface area contributed by atoms with Crippen LogP contribution < -0.4 is 4.74 Å². The van der Waals surface area contributed by atoms with Crippen LogP contribution in [0.3, 0.4) is 0 Å². The molecule has 0 bridgehead atoms. The Bertz CT molecular complexity index is 1270. The van der Waals surface area contributed by atoms with Crippen LogP contribution in [0.4, 0.5) is 0 Å². The standard InChI is InChI=1S/C29H33NO5/c1-6-34-29(32)22-8-7-13-30(16-22)26(31)14-19(3)23-15-24-25(21-11-9-18(2)10-12-21)17-35-28(24)20(4)27(23)33-5/h9-12,14-15,17,22H,6-8,13,16H2,1-5H3/b19-14+. The summed E-state index contributed by atoms with van der Waals surface area (Å²) in [6.07, 6.45) is 4.95. The van der Waals surface area contributed by atoms with Gasteiger partial charge in [0.05, 0.1) is 25.9 Å². The smallest absolute Gasteiger partial charge is 0.310 e. The number of allylic oxidation sites excluding steroid dienone is 1. The summed E-state index contributed by atoms with van der Waals surface area (Å²) in [4.78, 5) is 27.1. The Labute approximate surface area is 206 Å². The first-order valence-corrected chi connectivity index (χ1v) is 12.1. The second-order valence-electron chi connectivity index (χ2n) is 9.18. The first kappa shape index (κ1) is 24.6. The van der Waals surface area contributed by atoms with Gasteiger partial charge >= 0.3 is 5.97 Å². The van der Waals surface area contributed by atoms with Gasteiger partial charge in [0.25, 0.3) is 0 Å². The maximum Gasteiger partial charge on any atom is 0.310 e. The summed E-state index contributed by atoms with van der Waals surface area (Å²) in [5.74, 6) is 0.0867. The zero-order valence-electron chi connectivity index (χ0n) is 21.1. The highest BCUT2D eigenvalue weighted by Gasteiger charge is 2.29. The second kappa shape index (κ2) is 10.4. The third-order valence-corrected chi connectivity index (χ3v) is 6.73. The lowest BCUT2D eigenvalue weighted by Crippen LogP contribution is -2.42. The van der Waals surface area contributed by atoms with E-state index in [1.54, 1.807) is 31.3 Å². The summed E-state index contributed by atoms with van der Waals surface area (Å²) in [6.45, 7) is 9.11. The fourth-order valence-corrected chi connectivity index (χ4v) is 4.81. The molecule has 35 heavy (non-hydrogen) atoms. The van der Waals surface area contributed by atoms with Gasteiger partial charge < -0.3 is 18.8 Å². The molecule has 1 unspecified atom stereocenters. The third-order valence-electron chi connectivity index (χ3n) is 6.73. The number of rotatable bonds is 6. The van der Waals surface area contributed by atoms with Crippen molar-refractivity contribution in [2.45, 2.75) is 40.5 Å². The SMILES string of the molecule is CCOC(=O)C1CCCN(C(=O)/C=C(\C)c2cc3c(-c4ccc(C)cc4)coc3c(C)c2OC)C1. The summed E-state index contributed by atoms with van der Waals surface area (Å²) >= 11 is 0. The minimum atomic E-state index is -0.266. The van der Waals surface area contributed by atoms with Crippen LogP contribution in [0, 0.1) is 19.8 Å². The number of furan rings is 1. The van der Waals surface area contributed by atoms with Crippen molar-refractivity contribution >= 4 is 28.4 Å². The first-order chi connectivity index (χ1) is 16.8. The van der Waals surface area contributed by atoms with Crippen molar-refractivity contribution in [1.82, 2.24) is 4.90 Å². The molecule has 1 atom stereocenters. The number of carbonyl (C=O) groups excluding carboxylic acids is 2. The van der Waals surface area contributed by atoms with Gasteiger partial charge in [-0.2, -0.15) is 0 Å². The summed E-state index contributed by atoms with van der Waals surface area (Å²) in [7, 11) is 1.63. The minimum Gasteiger partial charge on any atom is -0.496 e. The van der Waals surface area contributed by atoms with Gasteiger partial charge in [-0.3, -0.25) is 9.59 Å². The molecule has 0 aliphatic carbocycles. The molecular formula is C29H33NO5. The van der Waals surface area contributed by atoms with Gasteiger partial charge in [-0.1, -0.05) is 29.8 Å². The molecule has 2 heterocycles. The largest absolute Gasteiger partial charge is 0.496 e. The number of amides is 1. The number of likely N-dealkylation sites (tertiary alicyclic amines) is 1. The Morgan fingerprint density at radius 3 is 2.63 bits per heavy atom. The third kappa shape index (κ3) is 4.97. The molecule has 1 fully saturated rings. The Morgan fingerprint density at radius 1 is 1.20 bits per heavy atom. The van der Waals surface area contributed by atoms with E-state index in [1.165, 1.54) is 5.56 Å². The van der Waals surface area contributed by atoms with Crippen molar-refractivity contribution in [2.75, 3.05) is 26.8 Å². The maximum atomic E-state index is 13.2. The van der Waals surface area contributed by atoms with E-state index in [2.05, 4.69) is 31.2 Å². The Balaban J connectivity index is 1.68. The Morgan fingerprint density at radius 2 is 1.94 bits per heavy atom. The number of hydrogen-bond acceptors (Lipinski definition) is 5. The van der Waals surface area contributed by atoms with E-state index in [1.807, 2.05) is 19.9 Å². The van der Waals surface area contributed by atoms with Gasteiger partial charge in [0.15, 0.2) is 0 Å². The Kier molecular flexibility index (Phi) is 7.29. The lowest BCUT2D eigenvalue weighted by molar-refractivity contribution is -0.150. The van der Waals surface area contributed by atoms with E-state index >= 15 is 0 Å². The van der Waals surface area contributed by atoms with Crippen molar-refractivity contribution in [3.63, 3.8) is 0 Å². The molecule has 1 saturated heterocycles. The van der Waals surface area contributed by atoms with Crippen LogP contribution in [0.2, 0.25) is 0 Å². The normalized spacial score (nSPS) is 16.4. The summed E-state index contributed by atoms with van der Waals surface area (Å²) < 4.78 is 16.9. The molecule has 184 valence electrons. The molecule has 6 heteroatoms. The molecular weight excluding hydrogens is 442 g/mol. The predicted octanol–water partition coefficient (Wildman–Crippen LogP) is 5.93. The van der Waals surface area contributed by atoms with Crippen molar-refractivity contribution in [2.24, 2.45) is 5.92 Å². The van der Waals surface area contributed by atoms with E-state index in [4.69, 9.17) is 13.9 Å². The number of aryl methyl sites for hydroxylation is 2. The second-order valence-corrected chi connectivity index (χ2v) is 9.18. The predicted molar refractivity (Wildman–Crippen MR) is 137 cm³/mol. The monoisotopic (exact) mass is 475 g/mol. The number of hydrogen-bond donors (Lipinski definition) is 0. The van der Waals surface area contributed by atoms with Crippen LogP contribution >= 0.6 is 0 Å². The average Bonchev–Trinajstić information content (AvgIpc) is 3.29. The first-order valence-electron chi connectivity index (χ1n) is 12.1. The number of ether oxygens (including phenoxy) is 2. The van der Waals surface area contributed by atoms with E-state index in [-0.39, 0.29) is 17.8 Å². The lowest BCUT2D eigenvalue weighted by atomic mass is 9.95. The molecule has 1 aromatic heterocycles. The average molecular weight is 476 g/mol. The number of carbonyl (C=O) groups is 2. The van der Waals surface area contributed by atoms with E-state index in [9.17, 15) is 9.59 Å².